The van der Waals surface area contributed by atoms with E-state index in [-0.39, 0.29) is 0 Å². The Balaban J connectivity index is 1.98. The molecule has 1 N–H and O–H groups in total. The highest BCUT2D eigenvalue weighted by Gasteiger charge is 2.15. The third kappa shape index (κ3) is 3.73. The minimum Gasteiger partial charge on any atom is -0.384 e. The van der Waals surface area contributed by atoms with Gasteiger partial charge in [0, 0.05) is 18.3 Å². The molecule has 1 unspecified atom stereocenters. The maximum absolute atomic E-state index is 3.43. The van der Waals surface area contributed by atoms with Gasteiger partial charge in [0.25, 0.3) is 0 Å². The molecule has 1 aromatic carbocycles. The van der Waals surface area contributed by atoms with Crippen LogP contribution >= 0.6 is 0 Å². The van der Waals surface area contributed by atoms with E-state index in [9.17, 15) is 0 Å². The minimum absolute atomic E-state index is 0.646. The molecule has 1 aliphatic heterocycles. The third-order valence-electron chi connectivity index (χ3n) is 4.06. The number of hydrogen-bond acceptors (Lipinski definition) is 2. The lowest BCUT2D eigenvalue weighted by Crippen LogP contribution is -2.35. The van der Waals surface area contributed by atoms with Crippen molar-refractivity contribution < 1.29 is 0 Å². The van der Waals surface area contributed by atoms with Crippen LogP contribution in [-0.4, -0.2) is 30.6 Å². The summed E-state index contributed by atoms with van der Waals surface area (Å²) in [5.41, 5.74) is 4.34. The Kier molecular flexibility index (Phi) is 5.26. The summed E-state index contributed by atoms with van der Waals surface area (Å²) in [7, 11) is 0. The van der Waals surface area contributed by atoms with Crippen molar-refractivity contribution in [2.24, 2.45) is 0 Å². The van der Waals surface area contributed by atoms with Crippen molar-refractivity contribution in [2.45, 2.75) is 52.5 Å². The van der Waals surface area contributed by atoms with Crippen molar-refractivity contribution in [2.75, 3.05) is 25.0 Å². The fourth-order valence-corrected chi connectivity index (χ4v) is 3.08. The number of hydrogen-bond donors (Lipinski definition) is 1. The van der Waals surface area contributed by atoms with Gasteiger partial charge in [-0.1, -0.05) is 26.0 Å². The topological polar surface area (TPSA) is 15.3 Å². The Morgan fingerprint density at radius 2 is 1.95 bits per heavy atom. The van der Waals surface area contributed by atoms with Crippen molar-refractivity contribution in [3.63, 3.8) is 0 Å². The van der Waals surface area contributed by atoms with Gasteiger partial charge in [-0.05, 0) is 62.9 Å². The Morgan fingerprint density at radius 1 is 1.21 bits per heavy atom. The molecule has 19 heavy (non-hydrogen) atoms. The number of nitrogens with zero attached hydrogens (tertiary/aromatic N) is 1. The van der Waals surface area contributed by atoms with E-state index in [4.69, 9.17) is 0 Å². The highest BCUT2D eigenvalue weighted by Crippen LogP contribution is 2.24. The Labute approximate surface area is 118 Å². The van der Waals surface area contributed by atoms with Crippen LogP contribution in [0.3, 0.4) is 0 Å². The van der Waals surface area contributed by atoms with Gasteiger partial charge >= 0.3 is 0 Å². The summed E-state index contributed by atoms with van der Waals surface area (Å²) >= 11 is 0. The van der Waals surface area contributed by atoms with Crippen LogP contribution in [0.4, 0.5) is 5.69 Å². The summed E-state index contributed by atoms with van der Waals surface area (Å²) in [6.45, 7) is 10.5. The smallest absolute Gasteiger partial charge is 0.0373 e. The SMILES string of the molecule is CCCN(CCC)C(C)Cc1ccc2c(c1)CCN2. The molecule has 0 spiro atoms. The first-order valence-corrected chi connectivity index (χ1v) is 7.84. The summed E-state index contributed by atoms with van der Waals surface area (Å²) in [6, 6.07) is 7.60. The quantitative estimate of drug-likeness (QED) is 0.804. The molecule has 0 aromatic heterocycles. The van der Waals surface area contributed by atoms with E-state index in [1.165, 1.54) is 55.6 Å². The molecule has 0 aliphatic carbocycles. The fourth-order valence-electron chi connectivity index (χ4n) is 3.08. The van der Waals surface area contributed by atoms with Gasteiger partial charge in [-0.25, -0.2) is 0 Å². The molecular formula is C17H28N2. The molecular weight excluding hydrogens is 232 g/mol. The van der Waals surface area contributed by atoms with Gasteiger partial charge < -0.3 is 10.2 Å². The summed E-state index contributed by atoms with van der Waals surface area (Å²) in [5.74, 6) is 0. The van der Waals surface area contributed by atoms with Gasteiger partial charge in [0.2, 0.25) is 0 Å². The first-order chi connectivity index (χ1) is 9.24. The lowest BCUT2D eigenvalue weighted by molar-refractivity contribution is 0.208. The molecule has 2 nitrogen and oxygen atoms in total. The average Bonchev–Trinajstić information content (AvgIpc) is 2.86. The maximum atomic E-state index is 3.43. The van der Waals surface area contributed by atoms with E-state index in [1.807, 2.05) is 0 Å². The van der Waals surface area contributed by atoms with Crippen molar-refractivity contribution in [1.82, 2.24) is 4.90 Å². The predicted octanol–water partition coefficient (Wildman–Crippen LogP) is 3.71. The molecule has 2 rings (SSSR count). The van der Waals surface area contributed by atoms with Crippen LogP contribution in [0.2, 0.25) is 0 Å². The zero-order valence-corrected chi connectivity index (χ0v) is 12.7. The van der Waals surface area contributed by atoms with E-state index < -0.39 is 0 Å². The van der Waals surface area contributed by atoms with E-state index in [0.717, 1.165) is 6.54 Å². The molecule has 0 saturated carbocycles. The van der Waals surface area contributed by atoms with Crippen LogP contribution in [-0.2, 0) is 12.8 Å². The van der Waals surface area contributed by atoms with Gasteiger partial charge in [0.15, 0.2) is 0 Å². The molecule has 0 bridgehead atoms. The molecule has 0 fully saturated rings. The summed E-state index contributed by atoms with van der Waals surface area (Å²) in [5, 5.41) is 3.43. The summed E-state index contributed by atoms with van der Waals surface area (Å²) < 4.78 is 0. The van der Waals surface area contributed by atoms with Crippen LogP contribution in [0.5, 0.6) is 0 Å². The largest absolute Gasteiger partial charge is 0.384 e. The Morgan fingerprint density at radius 3 is 2.63 bits per heavy atom. The van der Waals surface area contributed by atoms with Crippen LogP contribution in [0.25, 0.3) is 0 Å². The Hall–Kier alpha value is -1.02. The molecule has 106 valence electrons. The molecule has 1 aromatic rings. The Bertz CT molecular complexity index is 394. The maximum Gasteiger partial charge on any atom is 0.0373 e. The number of rotatable bonds is 7. The zero-order valence-electron chi connectivity index (χ0n) is 12.7. The van der Waals surface area contributed by atoms with Crippen LogP contribution in [0.15, 0.2) is 18.2 Å². The molecule has 0 radical (unpaired) electrons. The minimum atomic E-state index is 0.646. The molecule has 1 aliphatic rings. The highest BCUT2D eigenvalue weighted by molar-refractivity contribution is 5.56. The molecule has 1 atom stereocenters. The molecule has 0 amide bonds. The monoisotopic (exact) mass is 260 g/mol. The molecule has 2 heteroatoms. The van der Waals surface area contributed by atoms with Crippen LogP contribution in [0.1, 0.15) is 44.7 Å². The van der Waals surface area contributed by atoms with Crippen molar-refractivity contribution in [3.05, 3.63) is 29.3 Å². The van der Waals surface area contributed by atoms with Crippen LogP contribution < -0.4 is 5.32 Å². The fraction of sp³-hybridized carbons (Fsp3) is 0.647. The zero-order chi connectivity index (χ0) is 13.7. The average molecular weight is 260 g/mol. The first-order valence-electron chi connectivity index (χ1n) is 7.84. The van der Waals surface area contributed by atoms with Gasteiger partial charge in [0.05, 0.1) is 0 Å². The van der Waals surface area contributed by atoms with Gasteiger partial charge in [-0.15, -0.1) is 0 Å². The van der Waals surface area contributed by atoms with Crippen molar-refractivity contribution in [3.8, 4) is 0 Å². The third-order valence-corrected chi connectivity index (χ3v) is 4.06. The second kappa shape index (κ2) is 6.95. The van der Waals surface area contributed by atoms with Crippen LogP contribution in [0, 0.1) is 0 Å². The normalized spacial score (nSPS) is 15.4. The van der Waals surface area contributed by atoms with Gasteiger partial charge in [-0.2, -0.15) is 0 Å². The van der Waals surface area contributed by atoms with E-state index in [2.05, 4.69) is 49.2 Å². The van der Waals surface area contributed by atoms with E-state index in [1.54, 1.807) is 0 Å². The van der Waals surface area contributed by atoms with Gasteiger partial charge in [0.1, 0.15) is 0 Å². The van der Waals surface area contributed by atoms with Crippen molar-refractivity contribution in [1.29, 1.82) is 0 Å². The standard InChI is InChI=1S/C17H28N2/c1-4-10-19(11-5-2)14(3)12-15-6-7-17-16(13-15)8-9-18-17/h6-7,13-14,18H,4-5,8-12H2,1-3H3. The summed E-state index contributed by atoms with van der Waals surface area (Å²) in [6.07, 6.45) is 4.86. The van der Waals surface area contributed by atoms with E-state index >= 15 is 0 Å². The highest BCUT2D eigenvalue weighted by atomic mass is 15.1. The first kappa shape index (κ1) is 14.4. The van der Waals surface area contributed by atoms with Gasteiger partial charge in [-0.3, -0.25) is 0 Å². The summed E-state index contributed by atoms with van der Waals surface area (Å²) in [4.78, 5) is 2.63. The molecule has 0 saturated heterocycles. The predicted molar refractivity (Wildman–Crippen MR) is 84.0 cm³/mol. The lowest BCUT2D eigenvalue weighted by Gasteiger charge is -2.28. The second-order valence-corrected chi connectivity index (χ2v) is 5.76. The van der Waals surface area contributed by atoms with E-state index in [0.29, 0.717) is 6.04 Å². The number of benzene rings is 1. The molecule has 1 heterocycles. The number of nitrogens with one attached hydrogen (secondary N) is 1. The lowest BCUT2D eigenvalue weighted by atomic mass is 10.0. The number of anilines is 1. The number of fused-ring (bicyclic) bond motifs is 1. The van der Waals surface area contributed by atoms with Crippen molar-refractivity contribution >= 4 is 5.69 Å². The second-order valence-electron chi connectivity index (χ2n) is 5.76.